The van der Waals surface area contributed by atoms with Gasteiger partial charge in [-0.3, -0.25) is 4.68 Å². The third-order valence-corrected chi connectivity index (χ3v) is 7.21. The smallest absolute Gasteiger partial charge is 0.331 e. The molecule has 174 valence electrons. The Kier molecular flexibility index (Phi) is 8.24. The Morgan fingerprint density at radius 1 is 0.970 bits per heavy atom. The van der Waals surface area contributed by atoms with Crippen molar-refractivity contribution in [3.63, 3.8) is 0 Å². The molecule has 1 fully saturated rings. The zero-order chi connectivity index (χ0) is 23.0. The summed E-state index contributed by atoms with van der Waals surface area (Å²) in [5.41, 5.74) is 4.63. The Hall–Kier alpha value is -2.57. The van der Waals surface area contributed by atoms with Gasteiger partial charge in [-0.05, 0) is 49.3 Å². The van der Waals surface area contributed by atoms with Crippen LogP contribution in [0.3, 0.4) is 0 Å². The summed E-state index contributed by atoms with van der Waals surface area (Å²) in [6, 6.07) is 21.1. The van der Waals surface area contributed by atoms with Crippen LogP contribution in [-0.4, -0.2) is 42.3 Å². The number of aromatic nitrogens is 2. The number of nitrogens with zero attached hydrogens (tertiary/aromatic N) is 2. The van der Waals surface area contributed by atoms with Gasteiger partial charge in [-0.2, -0.15) is 5.10 Å². The summed E-state index contributed by atoms with van der Waals surface area (Å²) in [6.45, 7) is 1.61. The number of hydrogen-bond donors (Lipinski definition) is 0. The Morgan fingerprint density at radius 2 is 1.58 bits per heavy atom. The van der Waals surface area contributed by atoms with Crippen LogP contribution in [0.25, 0.3) is 22.4 Å². The number of ether oxygens (including phenoxy) is 2. The number of carbonyl (C=O) groups excluding carboxylic acids is 1. The highest BCUT2D eigenvalue weighted by Gasteiger charge is 2.25. The van der Waals surface area contributed by atoms with Gasteiger partial charge in [0, 0.05) is 17.7 Å². The van der Waals surface area contributed by atoms with Gasteiger partial charge in [-0.1, -0.05) is 60.7 Å². The van der Waals surface area contributed by atoms with Gasteiger partial charge in [0.25, 0.3) is 0 Å². The SMILES string of the molecule is COC(=O)COC[C@H]1CC[C@@H](Cn2nc(-c3ccccc3)c(-c3ccccc3)c2SC)CC1. The lowest BCUT2D eigenvalue weighted by Crippen LogP contribution is -2.23. The maximum absolute atomic E-state index is 11.2. The molecular formula is C27H32N2O3S. The van der Waals surface area contributed by atoms with Gasteiger partial charge in [0.15, 0.2) is 0 Å². The van der Waals surface area contributed by atoms with Crippen LogP contribution in [0.5, 0.6) is 0 Å². The molecule has 6 heteroatoms. The van der Waals surface area contributed by atoms with Crippen molar-refractivity contribution in [2.24, 2.45) is 11.8 Å². The van der Waals surface area contributed by atoms with Gasteiger partial charge in [0.1, 0.15) is 17.3 Å². The van der Waals surface area contributed by atoms with E-state index < -0.39 is 0 Å². The molecule has 0 unspecified atom stereocenters. The zero-order valence-electron chi connectivity index (χ0n) is 19.4. The quantitative estimate of drug-likeness (QED) is 0.290. The van der Waals surface area contributed by atoms with Crippen molar-refractivity contribution < 1.29 is 14.3 Å². The average molecular weight is 465 g/mol. The maximum Gasteiger partial charge on any atom is 0.331 e. The topological polar surface area (TPSA) is 53.4 Å². The van der Waals surface area contributed by atoms with E-state index in [0.717, 1.165) is 43.5 Å². The monoisotopic (exact) mass is 464 g/mol. The van der Waals surface area contributed by atoms with Gasteiger partial charge >= 0.3 is 5.97 Å². The summed E-state index contributed by atoms with van der Waals surface area (Å²) < 4.78 is 12.4. The summed E-state index contributed by atoms with van der Waals surface area (Å²) in [4.78, 5) is 11.2. The molecule has 1 heterocycles. The van der Waals surface area contributed by atoms with E-state index >= 15 is 0 Å². The number of benzene rings is 2. The number of hydrogen-bond acceptors (Lipinski definition) is 5. The minimum Gasteiger partial charge on any atom is -0.467 e. The lowest BCUT2D eigenvalue weighted by Gasteiger charge is -2.28. The highest BCUT2D eigenvalue weighted by molar-refractivity contribution is 7.98. The molecular weight excluding hydrogens is 432 g/mol. The predicted molar refractivity (Wildman–Crippen MR) is 133 cm³/mol. The van der Waals surface area contributed by atoms with Gasteiger partial charge in [0.05, 0.1) is 13.7 Å². The molecule has 1 aromatic heterocycles. The third kappa shape index (κ3) is 5.87. The summed E-state index contributed by atoms with van der Waals surface area (Å²) in [5.74, 6) is 0.804. The number of esters is 1. The second kappa shape index (κ2) is 11.5. The number of carbonyl (C=O) groups is 1. The first-order valence-corrected chi connectivity index (χ1v) is 12.8. The van der Waals surface area contributed by atoms with Crippen LogP contribution in [0.2, 0.25) is 0 Å². The van der Waals surface area contributed by atoms with Gasteiger partial charge in [-0.15, -0.1) is 11.8 Å². The molecule has 0 spiro atoms. The van der Waals surface area contributed by atoms with Crippen LogP contribution >= 0.6 is 11.8 Å². The van der Waals surface area contributed by atoms with Crippen molar-refractivity contribution in [1.29, 1.82) is 0 Å². The van der Waals surface area contributed by atoms with Gasteiger partial charge in [0.2, 0.25) is 0 Å². The lowest BCUT2D eigenvalue weighted by molar-refractivity contribution is -0.146. The highest BCUT2D eigenvalue weighted by atomic mass is 32.2. The molecule has 3 aromatic rings. The fraction of sp³-hybridized carbons (Fsp3) is 0.407. The normalized spacial score (nSPS) is 18.2. The second-order valence-corrected chi connectivity index (χ2v) is 9.42. The fourth-order valence-electron chi connectivity index (χ4n) is 4.63. The minimum atomic E-state index is -0.310. The van der Waals surface area contributed by atoms with Gasteiger partial charge in [-0.25, -0.2) is 4.79 Å². The Labute approximate surface area is 200 Å². The lowest BCUT2D eigenvalue weighted by atomic mass is 9.82. The standard InChI is InChI=1S/C27H32N2O3S/c1-31-24(30)19-32-18-21-15-13-20(14-16-21)17-29-27(33-2)25(22-9-5-3-6-10-22)26(28-29)23-11-7-4-8-12-23/h3-12,20-21H,13-19H2,1-2H3/t20-,21+. The van der Waals surface area contributed by atoms with E-state index in [-0.39, 0.29) is 12.6 Å². The van der Waals surface area contributed by atoms with E-state index in [4.69, 9.17) is 9.84 Å². The second-order valence-electron chi connectivity index (χ2n) is 8.63. The molecule has 1 aliphatic rings. The van der Waals surface area contributed by atoms with Crippen molar-refractivity contribution in [3.8, 4) is 22.4 Å². The summed E-state index contributed by atoms with van der Waals surface area (Å²) in [5, 5.41) is 6.36. The molecule has 0 bridgehead atoms. The molecule has 1 aliphatic carbocycles. The van der Waals surface area contributed by atoms with Crippen molar-refractivity contribution in [2.45, 2.75) is 37.3 Å². The number of rotatable bonds is 9. The van der Waals surface area contributed by atoms with E-state index in [0.29, 0.717) is 18.4 Å². The molecule has 0 radical (unpaired) electrons. The van der Waals surface area contributed by atoms with E-state index in [1.807, 2.05) is 6.07 Å². The first kappa shape index (κ1) is 23.6. The maximum atomic E-state index is 11.2. The molecule has 33 heavy (non-hydrogen) atoms. The zero-order valence-corrected chi connectivity index (χ0v) is 20.2. The number of methoxy groups -OCH3 is 1. The molecule has 2 aromatic carbocycles. The first-order chi connectivity index (χ1) is 16.2. The van der Waals surface area contributed by atoms with Crippen molar-refractivity contribution in [2.75, 3.05) is 26.6 Å². The summed E-state index contributed by atoms with van der Waals surface area (Å²) in [6.07, 6.45) is 6.70. The molecule has 0 amide bonds. The molecule has 0 atom stereocenters. The summed E-state index contributed by atoms with van der Waals surface area (Å²) >= 11 is 1.77. The van der Waals surface area contributed by atoms with Gasteiger partial charge < -0.3 is 9.47 Å². The molecule has 1 saturated carbocycles. The molecule has 5 nitrogen and oxygen atoms in total. The predicted octanol–water partition coefficient (Wildman–Crippen LogP) is 5.94. The van der Waals surface area contributed by atoms with Crippen LogP contribution in [0, 0.1) is 11.8 Å². The molecule has 0 aliphatic heterocycles. The minimum absolute atomic E-state index is 0.0469. The van der Waals surface area contributed by atoms with Crippen molar-refractivity contribution >= 4 is 17.7 Å². The Morgan fingerprint density at radius 3 is 2.18 bits per heavy atom. The fourth-order valence-corrected chi connectivity index (χ4v) is 5.38. The van der Waals surface area contributed by atoms with Crippen LogP contribution < -0.4 is 0 Å². The van der Waals surface area contributed by atoms with E-state index in [1.165, 1.54) is 23.3 Å². The number of thioether (sulfide) groups is 1. The first-order valence-electron chi connectivity index (χ1n) is 11.6. The van der Waals surface area contributed by atoms with Crippen LogP contribution in [0.1, 0.15) is 25.7 Å². The van der Waals surface area contributed by atoms with Crippen LogP contribution in [0.15, 0.2) is 65.7 Å². The summed E-state index contributed by atoms with van der Waals surface area (Å²) in [7, 11) is 1.39. The molecule has 0 saturated heterocycles. The van der Waals surface area contributed by atoms with Crippen molar-refractivity contribution in [3.05, 3.63) is 60.7 Å². The van der Waals surface area contributed by atoms with Crippen LogP contribution in [-0.2, 0) is 20.8 Å². The largest absolute Gasteiger partial charge is 0.467 e. The van der Waals surface area contributed by atoms with E-state index in [2.05, 4.69) is 70.3 Å². The molecule has 4 rings (SSSR count). The van der Waals surface area contributed by atoms with E-state index in [9.17, 15) is 4.79 Å². The van der Waals surface area contributed by atoms with E-state index in [1.54, 1.807) is 11.8 Å². The van der Waals surface area contributed by atoms with Crippen LogP contribution in [0.4, 0.5) is 0 Å². The average Bonchev–Trinajstić information content (AvgIpc) is 3.24. The van der Waals surface area contributed by atoms with Crippen molar-refractivity contribution in [1.82, 2.24) is 9.78 Å². The molecule has 0 N–H and O–H groups in total. The Bertz CT molecular complexity index is 1030. The Balaban J connectivity index is 1.50. The third-order valence-electron chi connectivity index (χ3n) is 6.41. The highest BCUT2D eigenvalue weighted by Crippen LogP contribution is 2.40.